The largest absolute Gasteiger partial charge is 0.487 e. The van der Waals surface area contributed by atoms with Crippen molar-refractivity contribution in [3.05, 3.63) is 95.6 Å². The van der Waals surface area contributed by atoms with Gasteiger partial charge in [0.1, 0.15) is 18.2 Å². The number of aromatic amines is 1. The molecule has 0 bridgehead atoms. The summed E-state index contributed by atoms with van der Waals surface area (Å²) in [5, 5.41) is 3.00. The summed E-state index contributed by atoms with van der Waals surface area (Å²) in [6.07, 6.45) is 5.23. The number of pyridine rings is 1. The molecule has 0 aliphatic carbocycles. The number of aromatic nitrogens is 3. The van der Waals surface area contributed by atoms with Gasteiger partial charge in [-0.15, -0.1) is 0 Å². The van der Waals surface area contributed by atoms with Gasteiger partial charge in [-0.05, 0) is 67.4 Å². The molecule has 2 aromatic carbocycles. The highest BCUT2D eigenvalue weighted by atomic mass is 16.5. The molecule has 0 radical (unpaired) electrons. The van der Waals surface area contributed by atoms with Crippen LogP contribution in [0.15, 0.2) is 73.2 Å². The molecule has 6 nitrogen and oxygen atoms in total. The number of nitrogens with one attached hydrogen (secondary N) is 2. The van der Waals surface area contributed by atoms with Crippen molar-refractivity contribution in [3.63, 3.8) is 0 Å². The van der Waals surface area contributed by atoms with E-state index in [4.69, 9.17) is 4.74 Å². The average molecular weight is 398 g/mol. The van der Waals surface area contributed by atoms with Crippen molar-refractivity contribution in [3.8, 4) is 17.1 Å². The van der Waals surface area contributed by atoms with Crippen LogP contribution in [-0.2, 0) is 6.61 Å². The third kappa shape index (κ3) is 4.38. The number of nitrogens with zero attached hydrogens (tertiary/aromatic N) is 2. The summed E-state index contributed by atoms with van der Waals surface area (Å²) in [5.41, 5.74) is 5.20. The Morgan fingerprint density at radius 1 is 1.00 bits per heavy atom. The summed E-state index contributed by atoms with van der Waals surface area (Å²) in [4.78, 5) is 24.4. The Hall–Kier alpha value is -3.93. The fourth-order valence-corrected chi connectivity index (χ4v) is 3.19. The summed E-state index contributed by atoms with van der Waals surface area (Å²) in [6, 6.07) is 16.8. The van der Waals surface area contributed by atoms with Crippen LogP contribution in [0, 0.1) is 13.8 Å². The Morgan fingerprint density at radius 3 is 2.53 bits per heavy atom. The smallest absolute Gasteiger partial charge is 0.255 e. The number of ether oxygens (including phenoxy) is 1. The van der Waals surface area contributed by atoms with Crippen molar-refractivity contribution in [2.24, 2.45) is 0 Å². The molecule has 0 saturated heterocycles. The average Bonchev–Trinajstić information content (AvgIpc) is 3.30. The van der Waals surface area contributed by atoms with Crippen LogP contribution in [0.1, 0.15) is 27.2 Å². The normalized spacial score (nSPS) is 10.6. The van der Waals surface area contributed by atoms with Gasteiger partial charge in [-0.25, -0.2) is 4.98 Å². The molecule has 30 heavy (non-hydrogen) atoms. The van der Waals surface area contributed by atoms with Gasteiger partial charge in [-0.3, -0.25) is 9.78 Å². The third-order valence-electron chi connectivity index (χ3n) is 4.80. The maximum Gasteiger partial charge on any atom is 0.255 e. The fraction of sp³-hybridized carbons (Fsp3) is 0.125. The first-order valence-electron chi connectivity index (χ1n) is 9.65. The van der Waals surface area contributed by atoms with Crippen molar-refractivity contribution in [2.45, 2.75) is 20.5 Å². The van der Waals surface area contributed by atoms with Crippen molar-refractivity contribution >= 4 is 11.6 Å². The van der Waals surface area contributed by atoms with E-state index in [1.807, 2.05) is 44.2 Å². The van der Waals surface area contributed by atoms with Crippen LogP contribution in [0.25, 0.3) is 11.4 Å². The molecule has 2 aromatic heterocycles. The second kappa shape index (κ2) is 8.61. The summed E-state index contributed by atoms with van der Waals surface area (Å²) < 4.78 is 5.73. The topological polar surface area (TPSA) is 79.9 Å². The van der Waals surface area contributed by atoms with Gasteiger partial charge < -0.3 is 15.0 Å². The van der Waals surface area contributed by atoms with Crippen molar-refractivity contribution in [2.75, 3.05) is 5.32 Å². The van der Waals surface area contributed by atoms with Gasteiger partial charge in [-0.2, -0.15) is 0 Å². The molecule has 0 atom stereocenters. The molecule has 1 amide bonds. The van der Waals surface area contributed by atoms with E-state index in [0.717, 1.165) is 33.9 Å². The van der Waals surface area contributed by atoms with E-state index >= 15 is 0 Å². The minimum Gasteiger partial charge on any atom is -0.487 e. The molecule has 2 N–H and O–H groups in total. The lowest BCUT2D eigenvalue weighted by atomic mass is 10.0. The molecule has 2 heterocycles. The molecule has 4 aromatic rings. The highest BCUT2D eigenvalue weighted by Gasteiger charge is 2.12. The van der Waals surface area contributed by atoms with Crippen molar-refractivity contribution in [1.82, 2.24) is 15.0 Å². The number of aryl methyl sites for hydroxylation is 2. The first kappa shape index (κ1) is 19.4. The van der Waals surface area contributed by atoms with E-state index in [9.17, 15) is 4.79 Å². The number of imidazole rings is 1. The minimum atomic E-state index is -0.177. The van der Waals surface area contributed by atoms with E-state index in [2.05, 4.69) is 20.3 Å². The van der Waals surface area contributed by atoms with Crippen LogP contribution in [0.4, 0.5) is 5.69 Å². The van der Waals surface area contributed by atoms with E-state index in [0.29, 0.717) is 17.9 Å². The number of carbonyl (C=O) groups excluding carboxylic acids is 1. The predicted molar refractivity (Wildman–Crippen MR) is 116 cm³/mol. The monoisotopic (exact) mass is 398 g/mol. The van der Waals surface area contributed by atoms with Crippen molar-refractivity contribution < 1.29 is 9.53 Å². The lowest BCUT2D eigenvalue weighted by Gasteiger charge is -2.13. The summed E-state index contributed by atoms with van der Waals surface area (Å²) >= 11 is 0. The van der Waals surface area contributed by atoms with E-state index in [-0.39, 0.29) is 5.91 Å². The van der Waals surface area contributed by atoms with Gasteiger partial charge in [0.05, 0.1) is 5.69 Å². The first-order chi connectivity index (χ1) is 14.6. The highest BCUT2D eigenvalue weighted by molar-refractivity contribution is 6.05. The van der Waals surface area contributed by atoms with E-state index in [1.165, 1.54) is 0 Å². The number of anilines is 1. The van der Waals surface area contributed by atoms with Gasteiger partial charge >= 0.3 is 0 Å². The first-order valence-corrected chi connectivity index (χ1v) is 9.65. The Bertz CT molecular complexity index is 1140. The lowest BCUT2D eigenvalue weighted by molar-refractivity contribution is 0.102. The molecule has 0 aliphatic heterocycles. The van der Waals surface area contributed by atoms with Gasteiger partial charge in [0.25, 0.3) is 5.91 Å². The number of hydrogen-bond acceptors (Lipinski definition) is 4. The molecular formula is C24H22N4O2. The van der Waals surface area contributed by atoms with Crippen LogP contribution < -0.4 is 10.1 Å². The molecule has 150 valence electrons. The number of hydrogen-bond donors (Lipinski definition) is 2. The fourth-order valence-electron chi connectivity index (χ4n) is 3.19. The van der Waals surface area contributed by atoms with Crippen LogP contribution in [-0.4, -0.2) is 20.9 Å². The van der Waals surface area contributed by atoms with Crippen LogP contribution in [0.3, 0.4) is 0 Å². The SMILES string of the molecule is Cc1cc(C)c(-c2ncc[nH]2)cc1NC(=O)c1ccc(OCc2ccccn2)cc1. The van der Waals surface area contributed by atoms with Gasteiger partial charge in [0.15, 0.2) is 0 Å². The minimum absolute atomic E-state index is 0.177. The number of rotatable bonds is 6. The number of carbonyl (C=O) groups is 1. The molecule has 0 aliphatic rings. The molecule has 0 spiro atoms. The zero-order valence-corrected chi connectivity index (χ0v) is 16.8. The summed E-state index contributed by atoms with van der Waals surface area (Å²) in [5.74, 6) is 1.28. The molecular weight excluding hydrogens is 376 g/mol. The van der Waals surface area contributed by atoms with Crippen LogP contribution >= 0.6 is 0 Å². The quantitative estimate of drug-likeness (QED) is 0.483. The molecule has 4 rings (SSSR count). The predicted octanol–water partition coefficient (Wildman–Crippen LogP) is 4.92. The molecule has 0 saturated carbocycles. The van der Waals surface area contributed by atoms with E-state index in [1.54, 1.807) is 42.9 Å². The summed E-state index contributed by atoms with van der Waals surface area (Å²) in [7, 11) is 0. The number of H-pyrrole nitrogens is 1. The highest BCUT2D eigenvalue weighted by Crippen LogP contribution is 2.27. The lowest BCUT2D eigenvalue weighted by Crippen LogP contribution is -2.13. The number of amides is 1. The van der Waals surface area contributed by atoms with Gasteiger partial charge in [-0.1, -0.05) is 12.1 Å². The number of benzene rings is 2. The standard InChI is InChI=1S/C24H22N4O2/c1-16-13-17(2)22(14-21(16)23-26-11-12-27-23)28-24(29)18-6-8-20(9-7-18)30-15-19-5-3-4-10-25-19/h3-14H,15H2,1-2H3,(H,26,27)(H,28,29). The summed E-state index contributed by atoms with van der Waals surface area (Å²) in [6.45, 7) is 4.38. The Kier molecular flexibility index (Phi) is 5.57. The van der Waals surface area contributed by atoms with E-state index < -0.39 is 0 Å². The Balaban J connectivity index is 1.45. The van der Waals surface area contributed by atoms with Crippen LogP contribution in [0.2, 0.25) is 0 Å². The zero-order valence-electron chi connectivity index (χ0n) is 16.8. The maximum atomic E-state index is 12.8. The molecule has 6 heteroatoms. The second-order valence-electron chi connectivity index (χ2n) is 7.01. The third-order valence-corrected chi connectivity index (χ3v) is 4.80. The Labute approximate surface area is 175 Å². The van der Waals surface area contributed by atoms with Gasteiger partial charge in [0, 0.05) is 35.4 Å². The molecule has 0 unspecified atom stereocenters. The molecule has 0 fully saturated rings. The Morgan fingerprint density at radius 2 is 1.83 bits per heavy atom. The van der Waals surface area contributed by atoms with Crippen molar-refractivity contribution in [1.29, 1.82) is 0 Å². The van der Waals surface area contributed by atoms with Gasteiger partial charge in [0.2, 0.25) is 0 Å². The maximum absolute atomic E-state index is 12.8. The van der Waals surface area contributed by atoms with Crippen LogP contribution in [0.5, 0.6) is 5.75 Å². The zero-order chi connectivity index (χ0) is 20.9. The second-order valence-corrected chi connectivity index (χ2v) is 7.01.